The number of rotatable bonds is 6. The van der Waals surface area contributed by atoms with Crippen molar-refractivity contribution in [2.45, 2.75) is 39.2 Å². The Morgan fingerprint density at radius 3 is 2.65 bits per heavy atom. The first-order chi connectivity index (χ1) is 7.99. The first kappa shape index (κ1) is 14.3. The highest BCUT2D eigenvalue weighted by atomic mass is 15.0. The van der Waals surface area contributed by atoms with Crippen molar-refractivity contribution in [1.29, 1.82) is 0 Å². The first-order valence-electron chi connectivity index (χ1n) is 6.75. The molecule has 98 valence electrons. The normalized spacial score (nSPS) is 25.1. The Balaban J connectivity index is 2.26. The fourth-order valence-corrected chi connectivity index (χ4v) is 2.47. The van der Waals surface area contributed by atoms with Crippen molar-refractivity contribution in [3.05, 3.63) is 24.4 Å². The van der Waals surface area contributed by atoms with Gasteiger partial charge in [-0.2, -0.15) is 0 Å². The lowest BCUT2D eigenvalue weighted by Crippen LogP contribution is -2.25. The molecule has 1 fully saturated rings. The highest BCUT2D eigenvalue weighted by molar-refractivity contribution is 5.14. The quantitative estimate of drug-likeness (QED) is 0.713. The maximum Gasteiger partial charge on any atom is 0.0266 e. The summed E-state index contributed by atoms with van der Waals surface area (Å²) < 4.78 is 0. The Labute approximate surface area is 107 Å². The van der Waals surface area contributed by atoms with E-state index in [-0.39, 0.29) is 0 Å². The van der Waals surface area contributed by atoms with Crippen LogP contribution in [0.4, 0.5) is 0 Å². The summed E-state index contributed by atoms with van der Waals surface area (Å²) in [5.41, 5.74) is 1.06. The number of hydrogen-bond donors (Lipinski definition) is 1. The average Bonchev–Trinajstić information content (AvgIpc) is 2.65. The van der Waals surface area contributed by atoms with E-state index in [1.54, 1.807) is 0 Å². The van der Waals surface area contributed by atoms with Crippen LogP contribution in [0.2, 0.25) is 0 Å². The Morgan fingerprint density at radius 2 is 2.12 bits per heavy atom. The summed E-state index contributed by atoms with van der Waals surface area (Å²) in [6, 6.07) is 0.638. The molecule has 2 heteroatoms. The van der Waals surface area contributed by atoms with Crippen molar-refractivity contribution < 1.29 is 0 Å². The molecule has 1 saturated carbocycles. The minimum atomic E-state index is 0.638. The Hall–Kier alpha value is -0.760. The highest BCUT2D eigenvalue weighted by Crippen LogP contribution is 2.31. The number of nitrogens with zero attached hydrogens (tertiary/aromatic N) is 1. The first-order valence-corrected chi connectivity index (χ1v) is 6.75. The van der Waals surface area contributed by atoms with E-state index < -0.39 is 0 Å². The monoisotopic (exact) mass is 236 g/mol. The van der Waals surface area contributed by atoms with Crippen LogP contribution in [-0.2, 0) is 0 Å². The largest absolute Gasteiger partial charge is 0.383 e. The molecule has 0 aromatic rings. The molecule has 0 spiro atoms. The van der Waals surface area contributed by atoms with Crippen molar-refractivity contribution in [3.63, 3.8) is 0 Å². The van der Waals surface area contributed by atoms with E-state index in [4.69, 9.17) is 0 Å². The van der Waals surface area contributed by atoms with Crippen LogP contribution in [0.1, 0.15) is 33.1 Å². The molecular formula is C15H28N2. The maximum absolute atomic E-state index is 4.07. The molecule has 0 aromatic heterocycles. The third kappa shape index (κ3) is 5.40. The van der Waals surface area contributed by atoms with Gasteiger partial charge in [-0.1, -0.05) is 26.5 Å². The van der Waals surface area contributed by atoms with Crippen LogP contribution >= 0.6 is 0 Å². The average molecular weight is 236 g/mol. The predicted molar refractivity (Wildman–Crippen MR) is 75.9 cm³/mol. The van der Waals surface area contributed by atoms with Gasteiger partial charge in [0.25, 0.3) is 0 Å². The van der Waals surface area contributed by atoms with Gasteiger partial charge in [-0.05, 0) is 51.3 Å². The van der Waals surface area contributed by atoms with Gasteiger partial charge < -0.3 is 10.2 Å². The standard InChI is InChI=1S/C15H28N2/c1-12(2)14-8-9-15(11-14)16-13(3)7-6-10-17(4)5/h6-7,12,14-16H,3,8-11H2,1-2,4-5H3/b7-6+. The van der Waals surface area contributed by atoms with Crippen molar-refractivity contribution in [1.82, 2.24) is 10.2 Å². The van der Waals surface area contributed by atoms with E-state index >= 15 is 0 Å². The molecular weight excluding hydrogens is 208 g/mol. The topological polar surface area (TPSA) is 15.3 Å². The van der Waals surface area contributed by atoms with Gasteiger partial charge in [0.1, 0.15) is 0 Å². The molecule has 2 atom stereocenters. The SMILES string of the molecule is C=C(/C=C/CN(C)C)NC1CCC(C(C)C)C1. The molecule has 2 nitrogen and oxygen atoms in total. The molecule has 0 heterocycles. The minimum Gasteiger partial charge on any atom is -0.383 e. The summed E-state index contributed by atoms with van der Waals surface area (Å²) in [4.78, 5) is 2.15. The van der Waals surface area contributed by atoms with E-state index in [2.05, 4.69) is 56.9 Å². The van der Waals surface area contributed by atoms with Crippen molar-refractivity contribution in [2.75, 3.05) is 20.6 Å². The zero-order valence-corrected chi connectivity index (χ0v) is 11.9. The molecule has 1 aliphatic carbocycles. The number of hydrogen-bond acceptors (Lipinski definition) is 2. The van der Waals surface area contributed by atoms with Crippen LogP contribution in [-0.4, -0.2) is 31.6 Å². The van der Waals surface area contributed by atoms with Crippen LogP contribution in [0.15, 0.2) is 24.4 Å². The molecule has 0 aliphatic heterocycles. The van der Waals surface area contributed by atoms with Gasteiger partial charge in [0.15, 0.2) is 0 Å². The Kier molecular flexibility index (Phi) is 5.76. The van der Waals surface area contributed by atoms with Crippen molar-refractivity contribution >= 4 is 0 Å². The molecule has 0 aromatic carbocycles. The van der Waals surface area contributed by atoms with E-state index in [1.165, 1.54) is 19.3 Å². The summed E-state index contributed by atoms with van der Waals surface area (Å²) >= 11 is 0. The van der Waals surface area contributed by atoms with Gasteiger partial charge in [-0.3, -0.25) is 0 Å². The molecule has 0 bridgehead atoms. The highest BCUT2D eigenvalue weighted by Gasteiger charge is 2.26. The summed E-state index contributed by atoms with van der Waals surface area (Å²) in [6.07, 6.45) is 8.22. The molecule has 2 unspecified atom stereocenters. The molecule has 1 N–H and O–H groups in total. The van der Waals surface area contributed by atoms with Gasteiger partial charge in [-0.25, -0.2) is 0 Å². The van der Waals surface area contributed by atoms with E-state index in [0.717, 1.165) is 24.1 Å². The minimum absolute atomic E-state index is 0.638. The molecule has 17 heavy (non-hydrogen) atoms. The van der Waals surface area contributed by atoms with E-state index in [9.17, 15) is 0 Å². The number of allylic oxidation sites excluding steroid dienone is 1. The fourth-order valence-electron chi connectivity index (χ4n) is 2.47. The molecule has 0 saturated heterocycles. The van der Waals surface area contributed by atoms with Gasteiger partial charge in [-0.15, -0.1) is 0 Å². The van der Waals surface area contributed by atoms with Crippen molar-refractivity contribution in [2.24, 2.45) is 11.8 Å². The Bertz CT molecular complexity index is 266. The zero-order chi connectivity index (χ0) is 12.8. The van der Waals surface area contributed by atoms with Gasteiger partial charge in [0.2, 0.25) is 0 Å². The molecule has 1 aliphatic rings. The molecule has 0 amide bonds. The van der Waals surface area contributed by atoms with Crippen LogP contribution in [0.25, 0.3) is 0 Å². The van der Waals surface area contributed by atoms with Gasteiger partial charge in [0.05, 0.1) is 0 Å². The third-order valence-electron chi connectivity index (χ3n) is 3.60. The van der Waals surface area contributed by atoms with Crippen molar-refractivity contribution in [3.8, 4) is 0 Å². The number of nitrogens with one attached hydrogen (secondary N) is 1. The summed E-state index contributed by atoms with van der Waals surface area (Å²) in [5.74, 6) is 1.71. The Morgan fingerprint density at radius 1 is 1.41 bits per heavy atom. The van der Waals surface area contributed by atoms with Crippen LogP contribution in [0.3, 0.4) is 0 Å². The lowest BCUT2D eigenvalue weighted by atomic mass is 9.94. The van der Waals surface area contributed by atoms with Crippen LogP contribution in [0.5, 0.6) is 0 Å². The predicted octanol–water partition coefficient (Wildman–Crippen LogP) is 3.03. The second-order valence-electron chi connectivity index (χ2n) is 5.85. The molecule has 1 rings (SSSR count). The maximum atomic E-state index is 4.07. The van der Waals surface area contributed by atoms with Gasteiger partial charge in [0, 0.05) is 18.3 Å². The van der Waals surface area contributed by atoms with Crippen LogP contribution < -0.4 is 5.32 Å². The van der Waals surface area contributed by atoms with Crippen LogP contribution in [0, 0.1) is 11.8 Å². The summed E-state index contributed by atoms with van der Waals surface area (Å²) in [6.45, 7) is 9.71. The summed E-state index contributed by atoms with van der Waals surface area (Å²) in [5, 5.41) is 3.54. The lowest BCUT2D eigenvalue weighted by molar-refractivity contribution is 0.386. The smallest absolute Gasteiger partial charge is 0.0266 e. The number of likely N-dealkylation sites (N-methyl/N-ethyl adjacent to an activating group) is 1. The fraction of sp³-hybridized carbons (Fsp3) is 0.733. The lowest BCUT2D eigenvalue weighted by Gasteiger charge is -2.16. The summed E-state index contributed by atoms with van der Waals surface area (Å²) in [7, 11) is 4.15. The van der Waals surface area contributed by atoms with Gasteiger partial charge >= 0.3 is 0 Å². The zero-order valence-electron chi connectivity index (χ0n) is 11.9. The second-order valence-corrected chi connectivity index (χ2v) is 5.85. The molecule has 0 radical (unpaired) electrons. The second kappa shape index (κ2) is 6.85. The van der Waals surface area contributed by atoms with E-state index in [1.807, 2.05) is 0 Å². The third-order valence-corrected chi connectivity index (χ3v) is 3.60. The van der Waals surface area contributed by atoms with E-state index in [0.29, 0.717) is 6.04 Å².